The summed E-state index contributed by atoms with van der Waals surface area (Å²) in [5.41, 5.74) is 0.132. The first-order valence-electron chi connectivity index (χ1n) is 10.7. The van der Waals surface area contributed by atoms with E-state index in [1.807, 2.05) is 0 Å². The number of halogens is 4. The smallest absolute Gasteiger partial charge is 0.273 e. The molecule has 1 fully saturated rings. The van der Waals surface area contributed by atoms with Crippen molar-refractivity contribution in [2.45, 2.75) is 44.9 Å². The van der Waals surface area contributed by atoms with Crippen LogP contribution in [0.15, 0.2) is 36.8 Å². The summed E-state index contributed by atoms with van der Waals surface area (Å²) in [6, 6.07) is 3.02. The number of anilines is 1. The van der Waals surface area contributed by atoms with Crippen LogP contribution in [0.5, 0.6) is 0 Å². The van der Waals surface area contributed by atoms with E-state index >= 15 is 0 Å². The number of carbonyl (C=O) groups excluding carboxylic acids is 1. The molecule has 1 saturated heterocycles. The Balaban J connectivity index is 1.90. The Labute approximate surface area is 194 Å². The Hall–Kier alpha value is -3.05. The minimum absolute atomic E-state index is 0.0109. The van der Waals surface area contributed by atoms with E-state index in [0.29, 0.717) is 25.7 Å². The monoisotopic (exact) mass is 482 g/mol. The summed E-state index contributed by atoms with van der Waals surface area (Å²) in [4.78, 5) is 20.8. The molecular formula is C23H26F4N4O3. The third-order valence-electron chi connectivity index (χ3n) is 5.19. The van der Waals surface area contributed by atoms with Crippen LogP contribution in [0.2, 0.25) is 0 Å². The van der Waals surface area contributed by atoms with Crippen molar-refractivity contribution in [2.75, 3.05) is 25.2 Å². The molecule has 1 aliphatic heterocycles. The van der Waals surface area contributed by atoms with Crippen LogP contribution >= 0.6 is 0 Å². The second kappa shape index (κ2) is 10.9. The van der Waals surface area contributed by atoms with Gasteiger partial charge in [-0.15, -0.1) is 0 Å². The maximum Gasteiger partial charge on any atom is 0.273 e. The third kappa shape index (κ3) is 6.09. The van der Waals surface area contributed by atoms with E-state index in [2.05, 4.69) is 27.2 Å². The second-order valence-electron chi connectivity index (χ2n) is 7.89. The van der Waals surface area contributed by atoms with E-state index in [1.54, 1.807) is 6.92 Å². The van der Waals surface area contributed by atoms with Gasteiger partial charge in [-0.25, -0.2) is 23.1 Å². The molecular weight excluding hydrogens is 456 g/mol. The van der Waals surface area contributed by atoms with E-state index in [-0.39, 0.29) is 35.6 Å². The van der Waals surface area contributed by atoms with E-state index in [0.717, 1.165) is 6.07 Å². The molecule has 11 heteroatoms. The average molecular weight is 482 g/mol. The summed E-state index contributed by atoms with van der Waals surface area (Å²) < 4.78 is 66.1. The van der Waals surface area contributed by atoms with Crippen LogP contribution in [0.4, 0.5) is 23.4 Å². The molecule has 0 saturated carbocycles. The van der Waals surface area contributed by atoms with Crippen LogP contribution in [0.1, 0.15) is 55.0 Å². The van der Waals surface area contributed by atoms with Crippen LogP contribution < -0.4 is 10.6 Å². The topological polar surface area (TPSA) is 85.4 Å². The number of nitrogens with zero attached hydrogens (tertiary/aromatic N) is 2. The fourth-order valence-corrected chi connectivity index (χ4v) is 3.54. The zero-order chi connectivity index (χ0) is 24.9. The predicted molar refractivity (Wildman–Crippen MR) is 116 cm³/mol. The summed E-state index contributed by atoms with van der Waals surface area (Å²) in [6.45, 7) is 5.76. The highest BCUT2D eigenvalue weighted by atomic mass is 19.3. The van der Waals surface area contributed by atoms with Crippen molar-refractivity contribution in [3.63, 3.8) is 0 Å². The van der Waals surface area contributed by atoms with Crippen LogP contribution in [-0.4, -0.2) is 35.8 Å². The lowest BCUT2D eigenvalue weighted by atomic mass is 10.0. The molecule has 0 radical (unpaired) electrons. The minimum atomic E-state index is -3.35. The zero-order valence-electron chi connectivity index (χ0n) is 18.8. The van der Waals surface area contributed by atoms with Crippen LogP contribution in [0.3, 0.4) is 0 Å². The number of hydrogen-bond acceptors (Lipinski definition) is 6. The lowest BCUT2D eigenvalue weighted by molar-refractivity contribution is -0.119. The summed E-state index contributed by atoms with van der Waals surface area (Å²) in [7, 11) is 0. The Bertz CT molecular complexity index is 1040. The van der Waals surface area contributed by atoms with Gasteiger partial charge in [0, 0.05) is 24.6 Å². The fourth-order valence-electron chi connectivity index (χ4n) is 3.54. The molecule has 1 aromatic heterocycles. The van der Waals surface area contributed by atoms with Crippen molar-refractivity contribution in [1.29, 1.82) is 0 Å². The van der Waals surface area contributed by atoms with E-state index in [1.165, 1.54) is 18.5 Å². The minimum Gasteiger partial charge on any atom is -0.363 e. The summed E-state index contributed by atoms with van der Waals surface area (Å²) in [5, 5.41) is 5.51. The van der Waals surface area contributed by atoms with Crippen molar-refractivity contribution < 1.29 is 31.8 Å². The average Bonchev–Trinajstić information content (AvgIpc) is 3.27. The fraction of sp³-hybridized carbons (Fsp3) is 0.435. The number of allylic oxidation sites excluding steroid dienone is 1. The molecule has 34 heavy (non-hydrogen) atoms. The first-order chi connectivity index (χ1) is 16.1. The number of carbonyl (C=O) groups is 1. The Morgan fingerprint density at radius 1 is 1.29 bits per heavy atom. The van der Waals surface area contributed by atoms with Gasteiger partial charge in [0.15, 0.2) is 6.29 Å². The number of rotatable bonds is 10. The number of benzene rings is 1. The van der Waals surface area contributed by atoms with Gasteiger partial charge in [0.2, 0.25) is 5.91 Å². The Morgan fingerprint density at radius 2 is 2.00 bits per heavy atom. The van der Waals surface area contributed by atoms with Gasteiger partial charge in [-0.05, 0) is 6.92 Å². The predicted octanol–water partition coefficient (Wildman–Crippen LogP) is 4.48. The third-order valence-corrected chi connectivity index (χ3v) is 5.19. The molecule has 1 atom stereocenters. The highest BCUT2D eigenvalue weighted by molar-refractivity contribution is 5.80. The SMILES string of the molecule is C=C(CCF)NC(=O)Cc1ncnc(N[C@H](C)c2cccc(C(C)(F)F)c2F)c1C1OCCO1. The first kappa shape index (κ1) is 25.6. The van der Waals surface area contributed by atoms with Crippen LogP contribution in [0.25, 0.3) is 0 Å². The van der Waals surface area contributed by atoms with E-state index in [4.69, 9.17) is 9.47 Å². The van der Waals surface area contributed by atoms with Gasteiger partial charge in [-0.2, -0.15) is 0 Å². The number of amides is 1. The standard InChI is InChI=1S/C23H26F4N4O3/c1-13(7-8-24)30-18(32)11-17-19(22-33-9-10-34-22)21(29-12-28-17)31-14(2)15-5-4-6-16(20(15)25)23(3,26)27/h4-6,12,14,22H,1,7-11H2,2-3H3,(H,30,32)(H,28,29,31)/t14-/m1/s1. The molecule has 3 rings (SSSR count). The van der Waals surface area contributed by atoms with Crippen molar-refractivity contribution in [1.82, 2.24) is 15.3 Å². The van der Waals surface area contributed by atoms with Gasteiger partial charge in [0.1, 0.15) is 18.0 Å². The van der Waals surface area contributed by atoms with Gasteiger partial charge in [-0.1, -0.05) is 24.8 Å². The summed E-state index contributed by atoms with van der Waals surface area (Å²) in [5.74, 6) is -4.64. The largest absolute Gasteiger partial charge is 0.363 e. The Morgan fingerprint density at radius 3 is 2.65 bits per heavy atom. The first-order valence-corrected chi connectivity index (χ1v) is 10.7. The van der Waals surface area contributed by atoms with Gasteiger partial charge < -0.3 is 20.1 Å². The summed E-state index contributed by atoms with van der Waals surface area (Å²) in [6.07, 6.45) is 0.105. The number of hydrogen-bond donors (Lipinski definition) is 2. The van der Waals surface area contributed by atoms with Gasteiger partial charge in [0.25, 0.3) is 5.92 Å². The molecule has 2 aromatic rings. The normalized spacial score (nSPS) is 15.2. The number of aromatic nitrogens is 2. The number of nitrogens with one attached hydrogen (secondary N) is 2. The molecule has 2 N–H and O–H groups in total. The number of alkyl halides is 3. The molecule has 0 spiro atoms. The Kier molecular flexibility index (Phi) is 8.21. The van der Waals surface area contributed by atoms with E-state index in [9.17, 15) is 22.4 Å². The van der Waals surface area contributed by atoms with Gasteiger partial charge >= 0.3 is 0 Å². The molecule has 1 aliphatic rings. The molecule has 1 amide bonds. The lowest BCUT2D eigenvalue weighted by Crippen LogP contribution is -2.26. The van der Waals surface area contributed by atoms with E-state index < -0.39 is 42.2 Å². The summed E-state index contributed by atoms with van der Waals surface area (Å²) >= 11 is 0. The van der Waals surface area contributed by atoms with Gasteiger partial charge in [0.05, 0.1) is 49.2 Å². The molecule has 2 heterocycles. The van der Waals surface area contributed by atoms with Crippen LogP contribution in [0, 0.1) is 5.82 Å². The van der Waals surface area contributed by atoms with Gasteiger partial charge in [-0.3, -0.25) is 9.18 Å². The van der Waals surface area contributed by atoms with Crippen molar-refractivity contribution in [3.8, 4) is 0 Å². The number of ether oxygens (including phenoxy) is 2. The molecule has 7 nitrogen and oxygen atoms in total. The van der Waals surface area contributed by atoms with Crippen molar-refractivity contribution in [3.05, 3.63) is 65.0 Å². The lowest BCUT2D eigenvalue weighted by Gasteiger charge is -2.23. The molecule has 0 bridgehead atoms. The van der Waals surface area contributed by atoms with Crippen molar-refractivity contribution in [2.24, 2.45) is 0 Å². The quantitative estimate of drug-likeness (QED) is 0.486. The zero-order valence-corrected chi connectivity index (χ0v) is 18.8. The highest BCUT2D eigenvalue weighted by Gasteiger charge is 2.31. The molecule has 0 unspecified atom stereocenters. The maximum absolute atomic E-state index is 14.9. The maximum atomic E-state index is 14.9. The highest BCUT2D eigenvalue weighted by Crippen LogP contribution is 2.35. The second-order valence-corrected chi connectivity index (χ2v) is 7.89. The molecule has 0 aliphatic carbocycles. The molecule has 1 aromatic carbocycles. The molecule has 184 valence electrons. The van der Waals surface area contributed by atoms with Crippen LogP contribution in [-0.2, 0) is 26.6 Å². The van der Waals surface area contributed by atoms with Crippen molar-refractivity contribution >= 4 is 11.7 Å².